The van der Waals surface area contributed by atoms with Gasteiger partial charge in [0.15, 0.2) is 0 Å². The molecule has 0 amide bonds. The van der Waals surface area contributed by atoms with Crippen LogP contribution in [0.1, 0.15) is 91.6 Å². The lowest BCUT2D eigenvalue weighted by atomic mass is 9.49. The summed E-state index contributed by atoms with van der Waals surface area (Å²) in [7, 11) is 0. The van der Waals surface area contributed by atoms with Crippen LogP contribution in [0, 0.1) is 30.6 Å². The maximum atomic E-state index is 10.8. The van der Waals surface area contributed by atoms with Crippen molar-refractivity contribution in [3.63, 3.8) is 0 Å². The molecule has 1 aliphatic heterocycles. The van der Waals surface area contributed by atoms with Crippen molar-refractivity contribution in [3.8, 4) is 0 Å². The molecule has 4 nitrogen and oxygen atoms in total. The monoisotopic (exact) mass is 477 g/mol. The first-order valence-electron chi connectivity index (χ1n) is 12.9. The minimum absolute atomic E-state index is 0.109. The van der Waals surface area contributed by atoms with Gasteiger partial charge in [-0.25, -0.2) is 4.98 Å². The minimum Gasteiger partial charge on any atom is -0.510 e. The van der Waals surface area contributed by atoms with E-state index in [0.717, 1.165) is 28.5 Å². The number of amidine groups is 1. The molecule has 2 aromatic rings. The average molecular weight is 478 g/mol. The molecule has 34 heavy (non-hydrogen) atoms. The number of rotatable bonds is 4. The number of nitrogens with one attached hydrogen (secondary N) is 1. The summed E-state index contributed by atoms with van der Waals surface area (Å²) in [5.41, 5.74) is 6.48. The predicted molar refractivity (Wildman–Crippen MR) is 142 cm³/mol. The predicted octanol–water partition coefficient (Wildman–Crippen LogP) is 7.16. The third-order valence-electron chi connectivity index (χ3n) is 9.14. The Kier molecular flexibility index (Phi) is 5.70. The Morgan fingerprint density at radius 3 is 2.68 bits per heavy atom. The molecule has 1 aromatic heterocycles. The van der Waals surface area contributed by atoms with Crippen LogP contribution in [0.2, 0.25) is 0 Å². The molecular weight excluding hydrogens is 438 g/mol. The second kappa shape index (κ2) is 8.22. The van der Waals surface area contributed by atoms with E-state index in [4.69, 9.17) is 5.41 Å². The maximum Gasteiger partial charge on any atom is 0.135 e. The van der Waals surface area contributed by atoms with Crippen molar-refractivity contribution in [2.75, 3.05) is 13.1 Å². The molecule has 0 unspecified atom stereocenters. The summed E-state index contributed by atoms with van der Waals surface area (Å²) >= 11 is 1.58. The zero-order valence-corrected chi connectivity index (χ0v) is 22.4. The highest BCUT2D eigenvalue weighted by Crippen LogP contribution is 2.58. The number of hydrogen-bond acceptors (Lipinski definition) is 4. The zero-order chi connectivity index (χ0) is 24.4. The van der Waals surface area contributed by atoms with E-state index in [2.05, 4.69) is 62.7 Å². The third-order valence-corrected chi connectivity index (χ3v) is 10.2. The van der Waals surface area contributed by atoms with Crippen LogP contribution in [0.5, 0.6) is 0 Å². The Morgan fingerprint density at radius 1 is 1.24 bits per heavy atom. The summed E-state index contributed by atoms with van der Waals surface area (Å²) in [6.45, 7) is 14.8. The molecule has 0 saturated heterocycles. The molecule has 1 aromatic carbocycles. The van der Waals surface area contributed by atoms with E-state index in [0.29, 0.717) is 35.5 Å². The summed E-state index contributed by atoms with van der Waals surface area (Å²) in [5, 5.41) is 20.6. The summed E-state index contributed by atoms with van der Waals surface area (Å²) in [4.78, 5) is 7.91. The number of hydrogen-bond donors (Lipinski definition) is 2. The smallest absolute Gasteiger partial charge is 0.135 e. The van der Waals surface area contributed by atoms with Crippen molar-refractivity contribution in [1.82, 2.24) is 9.88 Å². The SMILES string of the molecule is Cc1nc(C2=C(O)CN(C[C@@]3(C)CCC[C@@]4(C)c5ccc(C(C)C)cc5CC[C@@H]34)C2=N)sc1C. The molecule has 1 fully saturated rings. The molecule has 1 saturated carbocycles. The van der Waals surface area contributed by atoms with Crippen LogP contribution in [0.15, 0.2) is 24.0 Å². The number of nitrogens with zero attached hydrogens (tertiary/aromatic N) is 2. The van der Waals surface area contributed by atoms with Gasteiger partial charge in [0.1, 0.15) is 16.6 Å². The van der Waals surface area contributed by atoms with Crippen molar-refractivity contribution in [1.29, 1.82) is 5.41 Å². The van der Waals surface area contributed by atoms with Gasteiger partial charge in [-0.2, -0.15) is 0 Å². The molecule has 0 bridgehead atoms. The Bertz CT molecular complexity index is 1160. The fourth-order valence-corrected chi connectivity index (χ4v) is 8.18. The van der Waals surface area contributed by atoms with Crippen LogP contribution in [0.3, 0.4) is 0 Å². The Balaban J connectivity index is 1.41. The van der Waals surface area contributed by atoms with E-state index < -0.39 is 0 Å². The number of benzene rings is 1. The van der Waals surface area contributed by atoms with Gasteiger partial charge in [0.25, 0.3) is 0 Å². The van der Waals surface area contributed by atoms with Gasteiger partial charge < -0.3 is 10.0 Å². The van der Waals surface area contributed by atoms with Crippen molar-refractivity contribution in [2.45, 2.75) is 85.0 Å². The van der Waals surface area contributed by atoms with Crippen LogP contribution in [0.4, 0.5) is 0 Å². The first-order valence-corrected chi connectivity index (χ1v) is 13.7. The molecule has 3 aliphatic rings. The number of aromatic nitrogens is 1. The highest BCUT2D eigenvalue weighted by molar-refractivity contribution is 7.13. The normalized spacial score (nSPS) is 29.1. The summed E-state index contributed by atoms with van der Waals surface area (Å²) in [6.07, 6.45) is 6.00. The second-order valence-electron chi connectivity index (χ2n) is 11.8. The molecule has 3 atom stereocenters. The lowest BCUT2D eigenvalue weighted by Crippen LogP contribution is -2.53. The zero-order valence-electron chi connectivity index (χ0n) is 21.6. The summed E-state index contributed by atoms with van der Waals surface area (Å²) < 4.78 is 0. The summed E-state index contributed by atoms with van der Waals surface area (Å²) in [6, 6.07) is 7.25. The highest BCUT2D eigenvalue weighted by Gasteiger charge is 2.52. The van der Waals surface area contributed by atoms with Gasteiger partial charge >= 0.3 is 0 Å². The topological polar surface area (TPSA) is 60.2 Å². The highest BCUT2D eigenvalue weighted by atomic mass is 32.1. The molecule has 5 heteroatoms. The van der Waals surface area contributed by atoms with E-state index in [-0.39, 0.29) is 10.8 Å². The molecule has 2 heterocycles. The van der Waals surface area contributed by atoms with Crippen LogP contribution in [0.25, 0.3) is 5.57 Å². The van der Waals surface area contributed by atoms with Crippen LogP contribution in [-0.2, 0) is 11.8 Å². The molecule has 2 aliphatic carbocycles. The Labute approximate surface area is 208 Å². The van der Waals surface area contributed by atoms with Gasteiger partial charge in [-0.1, -0.05) is 52.3 Å². The average Bonchev–Trinajstić information content (AvgIpc) is 3.24. The lowest BCUT2D eigenvalue weighted by Gasteiger charge is -2.56. The molecule has 2 N–H and O–H groups in total. The van der Waals surface area contributed by atoms with Crippen molar-refractivity contribution < 1.29 is 5.11 Å². The molecule has 5 rings (SSSR count). The van der Waals surface area contributed by atoms with E-state index in [9.17, 15) is 5.11 Å². The van der Waals surface area contributed by atoms with Crippen LogP contribution < -0.4 is 0 Å². The maximum absolute atomic E-state index is 10.8. The number of aliphatic hydroxyl groups is 1. The minimum atomic E-state index is 0.109. The first-order chi connectivity index (χ1) is 16.0. The van der Waals surface area contributed by atoms with E-state index in [1.807, 2.05) is 6.92 Å². The van der Waals surface area contributed by atoms with Gasteiger partial charge in [0.05, 0.1) is 17.8 Å². The standard InChI is InChI=1S/C29H39N3OS/c1-17(2)20-8-10-22-21(14-20)9-11-24-28(5,12-7-13-29(22,24)6)16-32-15-23(33)25(26(32)30)27-31-18(3)19(4)34-27/h8,10,14,17,24,30,33H,7,9,11-13,15-16H2,1-6H3/t24-,28+,29-/m0/s1. The quantitative estimate of drug-likeness (QED) is 0.491. The Morgan fingerprint density at radius 2 is 2.00 bits per heavy atom. The molecule has 0 spiro atoms. The van der Waals surface area contributed by atoms with E-state index in [1.54, 1.807) is 22.5 Å². The van der Waals surface area contributed by atoms with Crippen molar-refractivity contribution in [2.24, 2.45) is 11.3 Å². The number of thiazole rings is 1. The fraction of sp³-hybridized carbons (Fsp3) is 0.586. The number of aliphatic hydroxyl groups excluding tert-OH is 1. The summed E-state index contributed by atoms with van der Waals surface area (Å²) in [5.74, 6) is 1.89. The largest absolute Gasteiger partial charge is 0.510 e. The van der Waals surface area contributed by atoms with Gasteiger partial charge in [0, 0.05) is 11.4 Å². The fourth-order valence-electron chi connectivity index (χ4n) is 7.20. The van der Waals surface area contributed by atoms with Crippen molar-refractivity contribution in [3.05, 3.63) is 56.2 Å². The first kappa shape index (κ1) is 23.6. The molecule has 0 radical (unpaired) electrons. The van der Waals surface area contributed by atoms with Gasteiger partial charge in [0.2, 0.25) is 0 Å². The Hall–Kier alpha value is -2.14. The van der Waals surface area contributed by atoms with Gasteiger partial charge in [-0.15, -0.1) is 11.3 Å². The van der Waals surface area contributed by atoms with Crippen molar-refractivity contribution >= 4 is 22.7 Å². The third kappa shape index (κ3) is 3.62. The van der Waals surface area contributed by atoms with Gasteiger partial charge in [-0.3, -0.25) is 5.41 Å². The second-order valence-corrected chi connectivity index (χ2v) is 13.0. The van der Waals surface area contributed by atoms with Gasteiger partial charge in [-0.05, 0) is 78.9 Å². The van der Waals surface area contributed by atoms with Crippen LogP contribution >= 0.6 is 11.3 Å². The van der Waals surface area contributed by atoms with Crippen LogP contribution in [-0.4, -0.2) is 33.9 Å². The lowest BCUT2D eigenvalue weighted by molar-refractivity contribution is 0.0108. The van der Waals surface area contributed by atoms with E-state index >= 15 is 0 Å². The molecular formula is C29H39N3OS. The van der Waals surface area contributed by atoms with E-state index in [1.165, 1.54) is 31.2 Å². The molecule has 182 valence electrons. The number of fused-ring (bicyclic) bond motifs is 3. The number of aryl methyl sites for hydroxylation is 3.